The van der Waals surface area contributed by atoms with Crippen molar-refractivity contribution < 1.29 is 9.47 Å². The fraction of sp³-hybridized carbons (Fsp3) is 0.727. The normalized spacial score (nSPS) is 13.4. The monoisotopic (exact) mass is 244 g/mol. The van der Waals surface area contributed by atoms with E-state index in [4.69, 9.17) is 9.47 Å². The van der Waals surface area contributed by atoms with E-state index in [9.17, 15) is 0 Å². The Morgan fingerprint density at radius 3 is 2.38 bits per heavy atom. The van der Waals surface area contributed by atoms with Gasteiger partial charge < -0.3 is 14.8 Å². The molecule has 0 spiro atoms. The van der Waals surface area contributed by atoms with Crippen molar-refractivity contribution >= 4 is 11.3 Å². The number of nitrogens with one attached hydrogen (secondary N) is 1. The molecule has 1 heterocycles. The molecule has 1 aromatic rings. The maximum absolute atomic E-state index is 5.12. The maximum Gasteiger partial charge on any atom is 0.169 e. The topological polar surface area (TPSA) is 43.4 Å². The van der Waals surface area contributed by atoms with Crippen molar-refractivity contribution in [3.8, 4) is 0 Å². The Balaban J connectivity index is 2.52. The van der Waals surface area contributed by atoms with E-state index in [0.29, 0.717) is 6.54 Å². The summed E-state index contributed by atoms with van der Waals surface area (Å²) in [6.45, 7) is 6.89. The average Bonchev–Trinajstić information content (AvgIpc) is 2.59. The minimum absolute atomic E-state index is 0.206. The third-order valence-electron chi connectivity index (χ3n) is 2.47. The summed E-state index contributed by atoms with van der Waals surface area (Å²) in [5, 5.41) is 4.46. The van der Waals surface area contributed by atoms with Gasteiger partial charge in [0.1, 0.15) is 0 Å². The minimum atomic E-state index is -0.206. The number of ether oxygens (including phenoxy) is 2. The van der Waals surface area contributed by atoms with E-state index in [1.165, 1.54) is 4.88 Å². The van der Waals surface area contributed by atoms with Crippen LogP contribution in [-0.4, -0.2) is 32.0 Å². The number of aromatic nitrogens is 1. The van der Waals surface area contributed by atoms with Crippen molar-refractivity contribution in [1.82, 2.24) is 10.3 Å². The second kappa shape index (κ2) is 6.30. The first kappa shape index (κ1) is 13.6. The smallest absolute Gasteiger partial charge is 0.169 e. The van der Waals surface area contributed by atoms with Crippen molar-refractivity contribution in [2.45, 2.75) is 33.1 Å². The van der Waals surface area contributed by atoms with Gasteiger partial charge in [0.25, 0.3) is 0 Å². The number of rotatable bonds is 6. The van der Waals surface area contributed by atoms with Gasteiger partial charge in [0.15, 0.2) is 6.29 Å². The van der Waals surface area contributed by atoms with E-state index >= 15 is 0 Å². The largest absolute Gasteiger partial charge is 0.355 e. The Hall–Kier alpha value is -0.490. The summed E-state index contributed by atoms with van der Waals surface area (Å²) in [6.07, 6.45) is -0.206. The predicted molar refractivity (Wildman–Crippen MR) is 65.8 cm³/mol. The Labute approximate surface area is 101 Å². The van der Waals surface area contributed by atoms with Crippen LogP contribution in [0.4, 0.5) is 0 Å². The molecule has 5 heteroatoms. The van der Waals surface area contributed by atoms with Crippen LogP contribution >= 0.6 is 11.3 Å². The summed E-state index contributed by atoms with van der Waals surface area (Å²) in [5.74, 6) is 0. The van der Waals surface area contributed by atoms with Gasteiger partial charge in [0.2, 0.25) is 0 Å². The lowest BCUT2D eigenvalue weighted by atomic mass is 10.2. The van der Waals surface area contributed by atoms with Crippen LogP contribution < -0.4 is 5.32 Å². The summed E-state index contributed by atoms with van der Waals surface area (Å²) < 4.78 is 10.2. The van der Waals surface area contributed by atoms with E-state index in [1.807, 2.05) is 6.92 Å². The quantitative estimate of drug-likeness (QED) is 0.778. The summed E-state index contributed by atoms with van der Waals surface area (Å²) in [6, 6.07) is 0.220. The van der Waals surface area contributed by atoms with E-state index in [0.717, 1.165) is 10.7 Å². The lowest BCUT2D eigenvalue weighted by Gasteiger charge is -2.18. The molecule has 0 saturated carbocycles. The number of aryl methyl sites for hydroxylation is 2. The summed E-state index contributed by atoms with van der Waals surface area (Å²) in [5.41, 5.74) is 1.12. The zero-order valence-electron chi connectivity index (χ0n) is 10.5. The molecule has 1 atom stereocenters. The van der Waals surface area contributed by atoms with E-state index in [-0.39, 0.29) is 12.3 Å². The Morgan fingerprint density at radius 1 is 1.31 bits per heavy atom. The number of hydrogen-bond acceptors (Lipinski definition) is 5. The maximum atomic E-state index is 5.12. The number of nitrogens with zero attached hydrogens (tertiary/aromatic N) is 1. The molecule has 0 aliphatic rings. The highest BCUT2D eigenvalue weighted by molar-refractivity contribution is 7.11. The second-order valence-corrected chi connectivity index (χ2v) is 5.11. The summed E-state index contributed by atoms with van der Waals surface area (Å²) in [4.78, 5) is 5.78. The van der Waals surface area contributed by atoms with Gasteiger partial charge in [0.05, 0.1) is 10.7 Å². The molecule has 0 amide bonds. The van der Waals surface area contributed by atoms with Crippen molar-refractivity contribution in [1.29, 1.82) is 0 Å². The molecular formula is C11H20N2O2S. The van der Waals surface area contributed by atoms with E-state index in [1.54, 1.807) is 25.6 Å². The van der Waals surface area contributed by atoms with Gasteiger partial charge in [0, 0.05) is 31.7 Å². The van der Waals surface area contributed by atoms with Crippen LogP contribution in [0.1, 0.15) is 28.5 Å². The van der Waals surface area contributed by atoms with Gasteiger partial charge in [-0.05, 0) is 20.8 Å². The second-order valence-electron chi connectivity index (χ2n) is 3.71. The first-order valence-electron chi connectivity index (χ1n) is 5.31. The molecule has 16 heavy (non-hydrogen) atoms. The Kier molecular flexibility index (Phi) is 5.34. The van der Waals surface area contributed by atoms with Crippen molar-refractivity contribution in [3.63, 3.8) is 0 Å². The van der Waals surface area contributed by atoms with Crippen LogP contribution in [0.25, 0.3) is 0 Å². The molecule has 1 rings (SSSR count). The van der Waals surface area contributed by atoms with Crippen molar-refractivity contribution in [2.24, 2.45) is 0 Å². The van der Waals surface area contributed by atoms with Crippen LogP contribution in [0.5, 0.6) is 0 Å². The lowest BCUT2D eigenvalue weighted by molar-refractivity contribution is -0.0997. The van der Waals surface area contributed by atoms with Gasteiger partial charge in [-0.3, -0.25) is 0 Å². The van der Waals surface area contributed by atoms with Crippen molar-refractivity contribution in [3.05, 3.63) is 15.6 Å². The molecule has 1 unspecified atom stereocenters. The molecular weight excluding hydrogens is 224 g/mol. The minimum Gasteiger partial charge on any atom is -0.355 e. The molecule has 0 saturated heterocycles. The molecule has 0 aromatic carbocycles. The fourth-order valence-electron chi connectivity index (χ4n) is 1.58. The van der Waals surface area contributed by atoms with Gasteiger partial charge in [-0.2, -0.15) is 0 Å². The molecule has 4 nitrogen and oxygen atoms in total. The zero-order chi connectivity index (χ0) is 12.1. The number of hydrogen-bond donors (Lipinski definition) is 1. The lowest BCUT2D eigenvalue weighted by Crippen LogP contribution is -2.31. The van der Waals surface area contributed by atoms with Gasteiger partial charge in [-0.25, -0.2) is 4.98 Å². The standard InChI is InChI=1S/C11H20N2O2S/c1-7(12-6-10(14-4)15-5)11-8(2)16-9(3)13-11/h7,10,12H,6H2,1-5H3. The van der Waals surface area contributed by atoms with Crippen LogP contribution in [0.15, 0.2) is 0 Å². The molecule has 1 N–H and O–H groups in total. The van der Waals surface area contributed by atoms with Gasteiger partial charge in [-0.1, -0.05) is 0 Å². The molecule has 0 radical (unpaired) electrons. The van der Waals surface area contributed by atoms with Crippen LogP contribution in [0.3, 0.4) is 0 Å². The van der Waals surface area contributed by atoms with Crippen molar-refractivity contribution in [2.75, 3.05) is 20.8 Å². The Bertz CT molecular complexity index is 324. The van der Waals surface area contributed by atoms with Gasteiger partial charge >= 0.3 is 0 Å². The van der Waals surface area contributed by atoms with E-state index in [2.05, 4.69) is 24.1 Å². The highest BCUT2D eigenvalue weighted by Gasteiger charge is 2.14. The third-order valence-corrected chi connectivity index (χ3v) is 3.37. The average molecular weight is 244 g/mol. The van der Waals surface area contributed by atoms with Crippen LogP contribution in [0.2, 0.25) is 0 Å². The summed E-state index contributed by atoms with van der Waals surface area (Å²) in [7, 11) is 3.28. The SMILES string of the molecule is COC(CNC(C)c1nc(C)sc1C)OC. The highest BCUT2D eigenvalue weighted by Crippen LogP contribution is 2.22. The third kappa shape index (κ3) is 3.52. The molecule has 92 valence electrons. The molecule has 0 aliphatic heterocycles. The summed E-state index contributed by atoms with van der Waals surface area (Å²) >= 11 is 1.73. The predicted octanol–water partition coefficient (Wildman–Crippen LogP) is 2.03. The zero-order valence-corrected chi connectivity index (χ0v) is 11.4. The van der Waals surface area contributed by atoms with Crippen LogP contribution in [0, 0.1) is 13.8 Å². The van der Waals surface area contributed by atoms with Crippen LogP contribution in [-0.2, 0) is 9.47 Å². The molecule has 0 bridgehead atoms. The molecule has 0 fully saturated rings. The highest BCUT2D eigenvalue weighted by atomic mass is 32.1. The molecule has 1 aromatic heterocycles. The number of methoxy groups -OCH3 is 2. The van der Waals surface area contributed by atoms with E-state index < -0.39 is 0 Å². The first-order chi connectivity index (χ1) is 7.58. The first-order valence-corrected chi connectivity index (χ1v) is 6.13. The fourth-order valence-corrected chi connectivity index (χ4v) is 2.49. The van der Waals surface area contributed by atoms with Gasteiger partial charge in [-0.15, -0.1) is 11.3 Å². The molecule has 0 aliphatic carbocycles. The Morgan fingerprint density at radius 2 is 1.94 bits per heavy atom. The number of thiazole rings is 1.